The molecule has 2 aromatic carbocycles. The third kappa shape index (κ3) is 8.35. The number of hydrogen-bond acceptors (Lipinski definition) is 6. The lowest BCUT2D eigenvalue weighted by Gasteiger charge is -2.34. The van der Waals surface area contributed by atoms with Crippen LogP contribution in [0, 0.1) is 0 Å². The Labute approximate surface area is 180 Å². The molecule has 0 aromatic heterocycles. The van der Waals surface area contributed by atoms with Gasteiger partial charge in [-0.05, 0) is 29.8 Å². The van der Waals surface area contributed by atoms with E-state index in [1.807, 2.05) is 47.4 Å². The first kappa shape index (κ1) is 23.7. The van der Waals surface area contributed by atoms with E-state index in [0.29, 0.717) is 0 Å². The van der Waals surface area contributed by atoms with Crippen LogP contribution in [0.5, 0.6) is 11.5 Å². The number of piperazine rings is 1. The maximum Gasteiger partial charge on any atom is 0.414 e. The number of carboxylic acids is 2. The monoisotopic (exact) mass is 430 g/mol. The molecular formula is C22H26N2O7. The zero-order valence-electron chi connectivity index (χ0n) is 17.3. The Morgan fingerprint density at radius 1 is 0.839 bits per heavy atom. The third-order valence-corrected chi connectivity index (χ3v) is 4.58. The van der Waals surface area contributed by atoms with Gasteiger partial charge in [0, 0.05) is 32.7 Å². The van der Waals surface area contributed by atoms with E-state index >= 15 is 0 Å². The summed E-state index contributed by atoms with van der Waals surface area (Å²) in [6.45, 7) is 4.24. The molecule has 0 unspecified atom stereocenters. The van der Waals surface area contributed by atoms with Crippen molar-refractivity contribution in [3.63, 3.8) is 0 Å². The van der Waals surface area contributed by atoms with Crippen molar-refractivity contribution in [2.75, 3.05) is 39.9 Å². The smallest absolute Gasteiger partial charge is 0.414 e. The molecule has 2 N–H and O–H groups in total. The number of aliphatic carboxylic acids is 2. The van der Waals surface area contributed by atoms with Crippen LogP contribution in [0.4, 0.5) is 0 Å². The summed E-state index contributed by atoms with van der Waals surface area (Å²) in [5.41, 5.74) is 1.26. The lowest BCUT2D eigenvalue weighted by Crippen LogP contribution is -2.49. The predicted molar refractivity (Wildman–Crippen MR) is 112 cm³/mol. The first-order valence-corrected chi connectivity index (χ1v) is 9.66. The highest BCUT2D eigenvalue weighted by atomic mass is 16.5. The van der Waals surface area contributed by atoms with Crippen molar-refractivity contribution in [1.29, 1.82) is 0 Å². The minimum atomic E-state index is -1.82. The Hall–Kier alpha value is -3.59. The highest BCUT2D eigenvalue weighted by Crippen LogP contribution is 2.14. The van der Waals surface area contributed by atoms with Crippen LogP contribution in [0.1, 0.15) is 5.56 Å². The van der Waals surface area contributed by atoms with Crippen LogP contribution in [0.15, 0.2) is 54.6 Å². The number of nitrogens with zero attached hydrogens (tertiary/aromatic N) is 2. The van der Waals surface area contributed by atoms with Gasteiger partial charge < -0.3 is 24.6 Å². The summed E-state index contributed by atoms with van der Waals surface area (Å²) in [6.07, 6.45) is 0. The largest absolute Gasteiger partial charge is 0.497 e. The van der Waals surface area contributed by atoms with Gasteiger partial charge in [-0.3, -0.25) is 9.69 Å². The molecule has 9 heteroatoms. The maximum atomic E-state index is 12.3. The molecule has 1 heterocycles. The standard InChI is InChI=1S/C20H24N2O3.C2H2O4/c1-24-18-9-7-17(8-10-18)15-21-11-13-22(14-12-21)20(23)16-25-19-5-3-2-4-6-19;3-1(4)2(5)6/h2-10H,11-16H2,1H3;(H,3,4)(H,5,6). The highest BCUT2D eigenvalue weighted by molar-refractivity contribution is 6.27. The van der Waals surface area contributed by atoms with Crippen molar-refractivity contribution in [2.24, 2.45) is 0 Å². The minimum absolute atomic E-state index is 0.0490. The van der Waals surface area contributed by atoms with Crippen LogP contribution in [-0.4, -0.2) is 77.8 Å². The van der Waals surface area contributed by atoms with Gasteiger partial charge in [0.05, 0.1) is 7.11 Å². The molecule has 0 saturated carbocycles. The molecule has 0 radical (unpaired) electrons. The fraction of sp³-hybridized carbons (Fsp3) is 0.318. The van der Waals surface area contributed by atoms with Crippen molar-refractivity contribution < 1.29 is 34.1 Å². The van der Waals surface area contributed by atoms with Gasteiger partial charge in [0.2, 0.25) is 0 Å². The first-order chi connectivity index (χ1) is 14.9. The molecule has 2 aromatic rings. The molecule has 0 spiro atoms. The van der Waals surface area contributed by atoms with Crippen molar-refractivity contribution in [1.82, 2.24) is 9.80 Å². The number of carbonyl (C=O) groups excluding carboxylic acids is 1. The van der Waals surface area contributed by atoms with Crippen molar-refractivity contribution in [2.45, 2.75) is 6.54 Å². The van der Waals surface area contributed by atoms with E-state index in [1.54, 1.807) is 7.11 Å². The first-order valence-electron chi connectivity index (χ1n) is 9.66. The molecule has 1 aliphatic heterocycles. The van der Waals surface area contributed by atoms with Gasteiger partial charge in [0.25, 0.3) is 5.91 Å². The molecule has 1 saturated heterocycles. The number of carbonyl (C=O) groups is 3. The minimum Gasteiger partial charge on any atom is -0.497 e. The molecule has 0 atom stereocenters. The number of benzene rings is 2. The van der Waals surface area contributed by atoms with Gasteiger partial charge in [-0.15, -0.1) is 0 Å². The van der Waals surface area contributed by atoms with Crippen LogP contribution < -0.4 is 9.47 Å². The predicted octanol–water partition coefficient (Wildman–Crippen LogP) is 1.57. The Morgan fingerprint density at radius 3 is 1.94 bits per heavy atom. The van der Waals surface area contributed by atoms with E-state index in [0.717, 1.165) is 44.2 Å². The molecule has 1 fully saturated rings. The number of ether oxygens (including phenoxy) is 2. The Morgan fingerprint density at radius 2 is 1.42 bits per heavy atom. The summed E-state index contributed by atoms with van der Waals surface area (Å²) in [5, 5.41) is 14.8. The van der Waals surface area contributed by atoms with Crippen molar-refractivity contribution >= 4 is 17.8 Å². The van der Waals surface area contributed by atoms with Crippen LogP contribution in [-0.2, 0) is 20.9 Å². The van der Waals surface area contributed by atoms with E-state index < -0.39 is 11.9 Å². The number of methoxy groups -OCH3 is 1. The summed E-state index contributed by atoms with van der Waals surface area (Å²) in [7, 11) is 1.67. The van der Waals surface area contributed by atoms with E-state index in [2.05, 4.69) is 17.0 Å². The van der Waals surface area contributed by atoms with Crippen LogP contribution >= 0.6 is 0 Å². The lowest BCUT2D eigenvalue weighted by molar-refractivity contribution is -0.159. The zero-order chi connectivity index (χ0) is 22.6. The maximum absolute atomic E-state index is 12.3. The van der Waals surface area contributed by atoms with Gasteiger partial charge in [0.1, 0.15) is 11.5 Å². The van der Waals surface area contributed by atoms with Gasteiger partial charge in [-0.2, -0.15) is 0 Å². The second-order valence-electron chi connectivity index (χ2n) is 6.72. The second-order valence-corrected chi connectivity index (χ2v) is 6.72. The van der Waals surface area contributed by atoms with Crippen LogP contribution in [0.2, 0.25) is 0 Å². The summed E-state index contributed by atoms with van der Waals surface area (Å²) in [4.78, 5) is 34.7. The van der Waals surface area contributed by atoms with Crippen LogP contribution in [0.25, 0.3) is 0 Å². The summed E-state index contributed by atoms with van der Waals surface area (Å²) < 4.78 is 10.7. The fourth-order valence-corrected chi connectivity index (χ4v) is 2.90. The molecule has 0 bridgehead atoms. The molecule has 3 rings (SSSR count). The second kappa shape index (κ2) is 12.2. The van der Waals surface area contributed by atoms with Gasteiger partial charge in [-0.1, -0.05) is 30.3 Å². The average molecular weight is 430 g/mol. The SMILES string of the molecule is COc1ccc(CN2CCN(C(=O)COc3ccccc3)CC2)cc1.O=C(O)C(=O)O. The van der Waals surface area contributed by atoms with Crippen molar-refractivity contribution in [3.8, 4) is 11.5 Å². The van der Waals surface area contributed by atoms with E-state index in [1.165, 1.54) is 5.56 Å². The van der Waals surface area contributed by atoms with Crippen LogP contribution in [0.3, 0.4) is 0 Å². The van der Waals surface area contributed by atoms with Crippen molar-refractivity contribution in [3.05, 3.63) is 60.2 Å². The molecule has 9 nitrogen and oxygen atoms in total. The lowest BCUT2D eigenvalue weighted by atomic mass is 10.2. The summed E-state index contributed by atoms with van der Waals surface area (Å²) in [5.74, 6) is -2.00. The topological polar surface area (TPSA) is 117 Å². The number of para-hydroxylation sites is 1. The van der Waals surface area contributed by atoms with E-state index in [-0.39, 0.29) is 12.5 Å². The summed E-state index contributed by atoms with van der Waals surface area (Å²) >= 11 is 0. The molecular weight excluding hydrogens is 404 g/mol. The molecule has 1 amide bonds. The molecule has 1 aliphatic rings. The number of carboxylic acid groups (broad SMARTS) is 2. The molecule has 166 valence electrons. The molecule has 31 heavy (non-hydrogen) atoms. The van der Waals surface area contributed by atoms with E-state index in [4.69, 9.17) is 29.3 Å². The quantitative estimate of drug-likeness (QED) is 0.664. The average Bonchev–Trinajstić information content (AvgIpc) is 2.79. The van der Waals surface area contributed by atoms with Gasteiger partial charge in [0.15, 0.2) is 6.61 Å². The summed E-state index contributed by atoms with van der Waals surface area (Å²) in [6, 6.07) is 17.6. The number of hydrogen-bond donors (Lipinski definition) is 2. The van der Waals surface area contributed by atoms with Gasteiger partial charge in [-0.25, -0.2) is 9.59 Å². The zero-order valence-corrected chi connectivity index (χ0v) is 17.3. The Bertz CT molecular complexity index is 836. The number of amides is 1. The normalized spacial score (nSPS) is 13.5. The molecule has 0 aliphatic carbocycles. The highest BCUT2D eigenvalue weighted by Gasteiger charge is 2.21. The Kier molecular flexibility index (Phi) is 9.31. The third-order valence-electron chi connectivity index (χ3n) is 4.58. The number of rotatable bonds is 6. The fourth-order valence-electron chi connectivity index (χ4n) is 2.90. The Balaban J connectivity index is 0.000000501. The van der Waals surface area contributed by atoms with E-state index in [9.17, 15) is 4.79 Å². The van der Waals surface area contributed by atoms with Gasteiger partial charge >= 0.3 is 11.9 Å².